The first-order valence-corrected chi connectivity index (χ1v) is 10.8. The molecule has 0 fully saturated rings. The first-order valence-electron chi connectivity index (χ1n) is 10.8. The molecule has 3 heterocycles. The van der Waals surface area contributed by atoms with E-state index in [1.54, 1.807) is 31.5 Å². The first kappa shape index (κ1) is 22.6. The van der Waals surface area contributed by atoms with Crippen LogP contribution < -0.4 is 0 Å². The molecule has 1 N–H and O–H groups in total. The number of aromatic amines is 1. The van der Waals surface area contributed by atoms with Gasteiger partial charge in [-0.15, -0.1) is 0 Å². The van der Waals surface area contributed by atoms with E-state index in [-0.39, 0.29) is 5.91 Å². The lowest BCUT2D eigenvalue weighted by Gasteiger charge is -2.21. The maximum absolute atomic E-state index is 13.0. The fraction of sp³-hybridized carbons (Fsp3) is 0.280. The zero-order chi connectivity index (χ0) is 23.0. The lowest BCUT2D eigenvalue weighted by atomic mass is 10.1. The van der Waals surface area contributed by atoms with E-state index >= 15 is 0 Å². The van der Waals surface area contributed by atoms with Crippen molar-refractivity contribution in [2.75, 3.05) is 40.5 Å². The van der Waals surface area contributed by atoms with Gasteiger partial charge in [-0.3, -0.25) is 9.78 Å². The number of methoxy groups -OCH3 is 2. The van der Waals surface area contributed by atoms with Gasteiger partial charge in [0.15, 0.2) is 0 Å². The summed E-state index contributed by atoms with van der Waals surface area (Å²) < 4.78 is 10.3. The molecule has 4 aromatic rings. The molecule has 0 aliphatic carbocycles. The fourth-order valence-electron chi connectivity index (χ4n) is 3.62. The van der Waals surface area contributed by atoms with Crippen LogP contribution >= 0.6 is 0 Å². The highest BCUT2D eigenvalue weighted by atomic mass is 16.5. The summed E-state index contributed by atoms with van der Waals surface area (Å²) in [5.41, 5.74) is 4.13. The van der Waals surface area contributed by atoms with Gasteiger partial charge in [0.1, 0.15) is 11.5 Å². The van der Waals surface area contributed by atoms with E-state index < -0.39 is 0 Å². The number of H-pyrrole nitrogens is 1. The Kier molecular flexibility index (Phi) is 7.39. The Morgan fingerprint density at radius 3 is 2.48 bits per heavy atom. The number of ether oxygens (including phenoxy) is 2. The summed E-state index contributed by atoms with van der Waals surface area (Å²) in [7, 11) is 3.25. The zero-order valence-corrected chi connectivity index (χ0v) is 18.8. The average Bonchev–Trinajstić information content (AvgIpc) is 3.28. The monoisotopic (exact) mass is 445 g/mol. The molecule has 3 aromatic heterocycles. The van der Waals surface area contributed by atoms with Crippen molar-refractivity contribution in [3.8, 4) is 11.4 Å². The Hall–Kier alpha value is -3.62. The Balaban J connectivity index is 1.53. The number of aromatic nitrogens is 4. The van der Waals surface area contributed by atoms with Crippen molar-refractivity contribution in [2.45, 2.75) is 6.42 Å². The largest absolute Gasteiger partial charge is 0.383 e. The molecule has 0 saturated heterocycles. The number of hydrogen-bond acceptors (Lipinski definition) is 6. The second-order valence-electron chi connectivity index (χ2n) is 7.63. The third kappa shape index (κ3) is 5.60. The smallest absolute Gasteiger partial charge is 0.270 e. The van der Waals surface area contributed by atoms with E-state index in [0.717, 1.165) is 33.7 Å². The molecule has 0 saturated carbocycles. The molecule has 0 aliphatic heterocycles. The van der Waals surface area contributed by atoms with Crippen LogP contribution in [-0.2, 0) is 15.9 Å². The van der Waals surface area contributed by atoms with Crippen LogP contribution in [0.2, 0.25) is 0 Å². The lowest BCUT2D eigenvalue weighted by Crippen LogP contribution is -2.36. The number of nitrogens with zero attached hydrogens (tertiary/aromatic N) is 4. The van der Waals surface area contributed by atoms with Crippen molar-refractivity contribution in [3.05, 3.63) is 78.0 Å². The molecule has 0 spiro atoms. The van der Waals surface area contributed by atoms with Crippen molar-refractivity contribution in [1.82, 2.24) is 24.8 Å². The van der Waals surface area contributed by atoms with Gasteiger partial charge >= 0.3 is 0 Å². The molecule has 170 valence electrons. The molecule has 1 amide bonds. The van der Waals surface area contributed by atoms with Gasteiger partial charge in [0.2, 0.25) is 0 Å². The molecular formula is C25H27N5O3. The molecule has 4 rings (SSSR count). The quantitative estimate of drug-likeness (QED) is 0.402. The molecule has 33 heavy (non-hydrogen) atoms. The van der Waals surface area contributed by atoms with E-state index in [4.69, 9.17) is 9.47 Å². The molecule has 0 radical (unpaired) electrons. The summed E-state index contributed by atoms with van der Waals surface area (Å²) in [4.78, 5) is 31.5. The Labute approximate surface area is 192 Å². The van der Waals surface area contributed by atoms with Crippen LogP contribution in [-0.4, -0.2) is 71.3 Å². The number of hydrogen-bond donors (Lipinski definition) is 1. The van der Waals surface area contributed by atoms with Crippen molar-refractivity contribution in [2.24, 2.45) is 0 Å². The van der Waals surface area contributed by atoms with Gasteiger partial charge in [-0.1, -0.05) is 12.1 Å². The summed E-state index contributed by atoms with van der Waals surface area (Å²) in [6.45, 7) is 1.95. The summed E-state index contributed by atoms with van der Waals surface area (Å²) in [5, 5.41) is 0.968. The third-order valence-electron chi connectivity index (χ3n) is 5.33. The molecular weight excluding hydrogens is 418 g/mol. The van der Waals surface area contributed by atoms with E-state index in [0.29, 0.717) is 38.4 Å². The highest BCUT2D eigenvalue weighted by Gasteiger charge is 2.18. The maximum atomic E-state index is 13.0. The average molecular weight is 446 g/mol. The summed E-state index contributed by atoms with van der Waals surface area (Å²) in [6, 6.07) is 15.6. The van der Waals surface area contributed by atoms with Gasteiger partial charge in [-0.05, 0) is 42.0 Å². The maximum Gasteiger partial charge on any atom is 0.270 e. The molecule has 8 nitrogen and oxygen atoms in total. The summed E-state index contributed by atoms with van der Waals surface area (Å²) in [6.07, 6.45) is 4.09. The predicted molar refractivity (Wildman–Crippen MR) is 126 cm³/mol. The highest BCUT2D eigenvalue weighted by Crippen LogP contribution is 2.20. The van der Waals surface area contributed by atoms with E-state index in [9.17, 15) is 4.79 Å². The van der Waals surface area contributed by atoms with E-state index in [1.165, 1.54) is 0 Å². The van der Waals surface area contributed by atoms with Gasteiger partial charge in [-0.2, -0.15) is 0 Å². The molecule has 1 aromatic carbocycles. The van der Waals surface area contributed by atoms with Crippen LogP contribution in [0.1, 0.15) is 21.9 Å². The second kappa shape index (κ2) is 10.8. The van der Waals surface area contributed by atoms with E-state index in [1.807, 2.05) is 42.5 Å². The van der Waals surface area contributed by atoms with Gasteiger partial charge in [0.05, 0.1) is 24.6 Å². The molecule has 0 bridgehead atoms. The molecule has 0 aliphatic rings. The van der Waals surface area contributed by atoms with Gasteiger partial charge in [-0.25, -0.2) is 9.97 Å². The normalized spacial score (nSPS) is 11.1. The second-order valence-corrected chi connectivity index (χ2v) is 7.63. The van der Waals surface area contributed by atoms with Crippen LogP contribution in [0.4, 0.5) is 0 Å². The van der Waals surface area contributed by atoms with Crippen molar-refractivity contribution >= 4 is 16.8 Å². The van der Waals surface area contributed by atoms with Crippen LogP contribution in [0, 0.1) is 0 Å². The predicted octanol–water partition coefficient (Wildman–Crippen LogP) is 3.35. The number of pyridine rings is 1. The minimum atomic E-state index is -0.0757. The molecule has 0 unspecified atom stereocenters. The van der Waals surface area contributed by atoms with Crippen molar-refractivity contribution in [1.29, 1.82) is 0 Å². The van der Waals surface area contributed by atoms with Crippen LogP contribution in [0.3, 0.4) is 0 Å². The summed E-state index contributed by atoms with van der Waals surface area (Å²) >= 11 is 0. The van der Waals surface area contributed by atoms with Crippen molar-refractivity contribution < 1.29 is 14.3 Å². The number of benzene rings is 1. The lowest BCUT2D eigenvalue weighted by molar-refractivity contribution is 0.0623. The SMILES string of the molecule is COCCN(CCOC)C(=O)c1cc2cc(Cc3nccc(-c4ccccn4)n3)ccc2[nH]1. The third-order valence-corrected chi connectivity index (χ3v) is 5.33. The minimum Gasteiger partial charge on any atom is -0.383 e. The summed E-state index contributed by atoms with van der Waals surface area (Å²) in [5.74, 6) is 0.642. The number of rotatable bonds is 10. The van der Waals surface area contributed by atoms with Crippen molar-refractivity contribution in [3.63, 3.8) is 0 Å². The number of fused-ring (bicyclic) bond motifs is 1. The van der Waals surface area contributed by atoms with Crippen LogP contribution in [0.5, 0.6) is 0 Å². The van der Waals surface area contributed by atoms with Crippen LogP contribution in [0.15, 0.2) is 60.9 Å². The molecule has 0 atom stereocenters. The van der Waals surface area contributed by atoms with Gasteiger partial charge < -0.3 is 19.4 Å². The molecule has 8 heteroatoms. The van der Waals surface area contributed by atoms with Gasteiger partial charge in [0, 0.05) is 57.0 Å². The number of amides is 1. The number of carbonyl (C=O) groups excluding carboxylic acids is 1. The Morgan fingerprint density at radius 2 is 1.76 bits per heavy atom. The zero-order valence-electron chi connectivity index (χ0n) is 18.8. The first-order chi connectivity index (χ1) is 16.2. The van der Waals surface area contributed by atoms with E-state index in [2.05, 4.69) is 26.0 Å². The number of carbonyl (C=O) groups is 1. The number of nitrogens with one attached hydrogen (secondary N) is 1. The Morgan fingerprint density at radius 1 is 0.939 bits per heavy atom. The minimum absolute atomic E-state index is 0.0757. The van der Waals surface area contributed by atoms with Gasteiger partial charge in [0.25, 0.3) is 5.91 Å². The fourth-order valence-corrected chi connectivity index (χ4v) is 3.62. The topological polar surface area (TPSA) is 93.2 Å². The van der Waals surface area contributed by atoms with Crippen LogP contribution in [0.25, 0.3) is 22.3 Å². The highest BCUT2D eigenvalue weighted by molar-refractivity contribution is 5.98. The Bertz CT molecular complexity index is 1200. The standard InChI is InChI=1S/C25H27N5O3/c1-32-13-11-30(12-14-33-2)25(31)23-17-19-15-18(6-7-20(19)28-23)16-24-27-10-8-22(29-24)21-5-3-4-9-26-21/h3-10,15,17,28H,11-14,16H2,1-2H3.